The van der Waals surface area contributed by atoms with E-state index in [-0.39, 0.29) is 5.56 Å². The molecule has 0 saturated carbocycles. The van der Waals surface area contributed by atoms with E-state index in [1.165, 1.54) is 12.1 Å². The minimum absolute atomic E-state index is 0.178. The molecule has 0 radical (unpaired) electrons. The number of alkyl halides is 3. The van der Waals surface area contributed by atoms with Crippen molar-refractivity contribution in [1.29, 1.82) is 0 Å². The minimum atomic E-state index is -4.74. The Balaban J connectivity index is 2.17. The van der Waals surface area contributed by atoms with Gasteiger partial charge in [0.1, 0.15) is 0 Å². The highest BCUT2D eigenvalue weighted by molar-refractivity contribution is 7.79. The predicted octanol–water partition coefficient (Wildman–Crippen LogP) is 3.74. The molecule has 2 rings (SSSR count). The molecule has 2 aromatic carbocycles. The lowest BCUT2D eigenvalue weighted by Crippen LogP contribution is -2.24. The van der Waals surface area contributed by atoms with Gasteiger partial charge in [-0.05, 0) is 17.5 Å². The van der Waals surface area contributed by atoms with Gasteiger partial charge in [-0.2, -0.15) is 13.2 Å². The van der Waals surface area contributed by atoms with Gasteiger partial charge in [0.05, 0.1) is 0 Å². The summed E-state index contributed by atoms with van der Waals surface area (Å²) >= 11 is -2.39. The van der Waals surface area contributed by atoms with Crippen molar-refractivity contribution < 1.29 is 26.8 Å². The number of benzene rings is 2. The van der Waals surface area contributed by atoms with Gasteiger partial charge < -0.3 is 9.39 Å². The van der Waals surface area contributed by atoms with Crippen molar-refractivity contribution in [3.8, 4) is 0 Å². The van der Waals surface area contributed by atoms with Gasteiger partial charge in [0, 0.05) is 5.56 Å². The van der Waals surface area contributed by atoms with E-state index in [1.54, 1.807) is 12.1 Å². The van der Waals surface area contributed by atoms with Crippen molar-refractivity contribution in [2.24, 2.45) is 5.16 Å². The maximum Gasteiger partial charge on any atom is 0.437 e. The van der Waals surface area contributed by atoms with Gasteiger partial charge in [-0.25, -0.2) is 4.21 Å². The number of hydrogen-bond donors (Lipinski definition) is 1. The van der Waals surface area contributed by atoms with Crippen LogP contribution < -0.4 is 0 Å². The van der Waals surface area contributed by atoms with Gasteiger partial charge in [-0.3, -0.25) is 0 Å². The minimum Gasteiger partial charge on any atom is -0.379 e. The Labute approximate surface area is 139 Å². The van der Waals surface area contributed by atoms with Crippen molar-refractivity contribution in [3.05, 3.63) is 71.3 Å². The predicted molar refractivity (Wildman–Crippen MR) is 85.0 cm³/mol. The highest BCUT2D eigenvalue weighted by Gasteiger charge is 2.37. The van der Waals surface area contributed by atoms with E-state index in [4.69, 9.17) is 4.55 Å². The maximum absolute atomic E-state index is 13.0. The van der Waals surface area contributed by atoms with E-state index in [0.717, 1.165) is 11.1 Å². The monoisotopic (exact) mass is 357 g/mol. The summed E-state index contributed by atoms with van der Waals surface area (Å²) in [6.45, 7) is 0. The Morgan fingerprint density at radius 3 is 2.17 bits per heavy atom. The van der Waals surface area contributed by atoms with Crippen molar-refractivity contribution in [2.45, 2.75) is 12.6 Å². The van der Waals surface area contributed by atoms with Gasteiger partial charge in [-0.1, -0.05) is 59.8 Å². The molecule has 1 atom stereocenters. The van der Waals surface area contributed by atoms with E-state index < -0.39 is 28.9 Å². The van der Waals surface area contributed by atoms with Gasteiger partial charge in [0.25, 0.3) is 0 Å². The molecule has 1 N–H and O–H groups in total. The Bertz CT molecular complexity index is 716. The van der Waals surface area contributed by atoms with Crippen molar-refractivity contribution >= 4 is 16.8 Å². The number of nitrogens with zero attached hydrogens (tertiary/aromatic N) is 1. The van der Waals surface area contributed by atoms with E-state index in [0.29, 0.717) is 6.42 Å². The smallest absolute Gasteiger partial charge is 0.379 e. The molecule has 0 aliphatic carbocycles. The number of rotatable bonds is 6. The number of hydrogen-bond acceptors (Lipinski definition) is 3. The SMILES string of the molecule is O=S(O)CON=C(c1ccc(Cc2ccccc2)cc1)C(F)(F)F. The first-order valence-corrected chi connectivity index (χ1v) is 8.11. The summed E-state index contributed by atoms with van der Waals surface area (Å²) in [4.78, 5) is 4.28. The standard InChI is InChI=1S/C16H14F3NO3S/c17-16(18,19)15(20-23-11-24(21)22)14-8-6-13(7-9-14)10-12-4-2-1-3-5-12/h1-9H,10-11H2,(H,21,22). The van der Waals surface area contributed by atoms with Crippen molar-refractivity contribution in [3.63, 3.8) is 0 Å². The van der Waals surface area contributed by atoms with Crippen LogP contribution in [0.15, 0.2) is 59.8 Å². The van der Waals surface area contributed by atoms with Crippen molar-refractivity contribution in [2.75, 3.05) is 5.94 Å². The van der Waals surface area contributed by atoms with Crippen LogP contribution in [0.4, 0.5) is 13.2 Å². The molecule has 4 nitrogen and oxygen atoms in total. The van der Waals surface area contributed by atoms with E-state index in [9.17, 15) is 17.4 Å². The summed E-state index contributed by atoms with van der Waals surface area (Å²) in [6, 6.07) is 15.3. The lowest BCUT2D eigenvalue weighted by Gasteiger charge is -2.11. The third-order valence-corrected chi connectivity index (χ3v) is 3.36. The zero-order valence-corrected chi connectivity index (χ0v) is 13.2. The van der Waals surface area contributed by atoms with Gasteiger partial charge >= 0.3 is 6.18 Å². The topological polar surface area (TPSA) is 58.9 Å². The number of oxime groups is 1. The van der Waals surface area contributed by atoms with Gasteiger partial charge in [0.2, 0.25) is 5.94 Å². The summed E-state index contributed by atoms with van der Waals surface area (Å²) in [5.74, 6) is -0.828. The lowest BCUT2D eigenvalue weighted by atomic mass is 10.0. The van der Waals surface area contributed by atoms with E-state index in [2.05, 4.69) is 9.99 Å². The van der Waals surface area contributed by atoms with Gasteiger partial charge in [-0.15, -0.1) is 0 Å². The largest absolute Gasteiger partial charge is 0.437 e. The molecule has 24 heavy (non-hydrogen) atoms. The fourth-order valence-electron chi connectivity index (χ4n) is 2.02. The molecule has 1 unspecified atom stereocenters. The highest BCUT2D eigenvalue weighted by atomic mass is 32.2. The quantitative estimate of drug-likeness (QED) is 0.487. The second kappa shape index (κ2) is 8.07. The van der Waals surface area contributed by atoms with Gasteiger partial charge in [0.15, 0.2) is 16.8 Å². The first-order chi connectivity index (χ1) is 11.4. The van der Waals surface area contributed by atoms with Crippen LogP contribution in [0, 0.1) is 0 Å². The van der Waals surface area contributed by atoms with E-state index >= 15 is 0 Å². The summed E-state index contributed by atoms with van der Waals surface area (Å²) in [6.07, 6.45) is -4.14. The Morgan fingerprint density at radius 2 is 1.62 bits per heavy atom. The molecule has 0 saturated heterocycles. The molecule has 8 heteroatoms. The van der Waals surface area contributed by atoms with Crippen LogP contribution in [0.5, 0.6) is 0 Å². The summed E-state index contributed by atoms with van der Waals surface area (Å²) in [5, 5.41) is 2.96. The van der Waals surface area contributed by atoms with Crippen LogP contribution in [0.25, 0.3) is 0 Å². The molecule has 0 aliphatic heterocycles. The molecule has 0 heterocycles. The zero-order chi connectivity index (χ0) is 17.6. The highest BCUT2D eigenvalue weighted by Crippen LogP contribution is 2.23. The molecule has 0 aromatic heterocycles. The first kappa shape index (κ1) is 18.2. The molecule has 0 bridgehead atoms. The van der Waals surface area contributed by atoms with Crippen LogP contribution in [0.2, 0.25) is 0 Å². The Morgan fingerprint density at radius 1 is 1.04 bits per heavy atom. The third-order valence-electron chi connectivity index (χ3n) is 3.06. The molecule has 0 amide bonds. The van der Waals surface area contributed by atoms with Crippen LogP contribution in [-0.4, -0.2) is 26.6 Å². The average molecular weight is 357 g/mol. The summed E-state index contributed by atoms with van der Waals surface area (Å²) in [5.41, 5.74) is 0.467. The average Bonchev–Trinajstić information content (AvgIpc) is 2.52. The van der Waals surface area contributed by atoms with Crippen LogP contribution in [0.3, 0.4) is 0 Å². The molecule has 0 fully saturated rings. The normalized spacial score (nSPS) is 13.6. The molecular weight excluding hydrogens is 343 g/mol. The van der Waals surface area contributed by atoms with Crippen LogP contribution >= 0.6 is 0 Å². The van der Waals surface area contributed by atoms with Crippen LogP contribution in [0.1, 0.15) is 16.7 Å². The lowest BCUT2D eigenvalue weighted by molar-refractivity contribution is -0.0610. The fraction of sp³-hybridized carbons (Fsp3) is 0.188. The maximum atomic E-state index is 13.0. The summed E-state index contributed by atoms with van der Waals surface area (Å²) < 4.78 is 58.0. The molecule has 0 spiro atoms. The zero-order valence-electron chi connectivity index (χ0n) is 12.4. The second-order valence-corrected chi connectivity index (χ2v) is 5.74. The van der Waals surface area contributed by atoms with Crippen LogP contribution in [-0.2, 0) is 22.3 Å². The number of halogens is 3. The second-order valence-electron chi connectivity index (χ2n) is 4.87. The third kappa shape index (κ3) is 5.47. The first-order valence-electron chi connectivity index (χ1n) is 6.84. The fourth-order valence-corrected chi connectivity index (χ4v) is 2.16. The Kier molecular flexibility index (Phi) is 6.10. The molecule has 0 aliphatic rings. The van der Waals surface area contributed by atoms with E-state index in [1.807, 2.05) is 30.3 Å². The molecule has 2 aromatic rings. The Hall–Kier alpha value is -2.19. The molecular formula is C16H14F3NO3S. The summed E-state index contributed by atoms with van der Waals surface area (Å²) in [7, 11) is 0. The molecule has 128 valence electrons. The van der Waals surface area contributed by atoms with Crippen molar-refractivity contribution in [1.82, 2.24) is 0 Å².